The van der Waals surface area contributed by atoms with Crippen molar-refractivity contribution in [2.75, 3.05) is 6.61 Å². The third kappa shape index (κ3) is 1.98. The molecule has 0 bridgehead atoms. The minimum absolute atomic E-state index is 0.652. The van der Waals surface area contributed by atoms with E-state index in [4.69, 9.17) is 16.3 Å². The van der Waals surface area contributed by atoms with Gasteiger partial charge in [0.25, 0.3) is 5.56 Å². The molecule has 2 rings (SSSR count). The summed E-state index contributed by atoms with van der Waals surface area (Å²) >= 11 is 0. The van der Waals surface area contributed by atoms with E-state index in [2.05, 4.69) is 0 Å². The quantitative estimate of drug-likeness (QED) is 0.546. The summed E-state index contributed by atoms with van der Waals surface area (Å²) in [6, 6.07) is 0.999. The second-order valence-electron chi connectivity index (χ2n) is 4.11. The third-order valence-electron chi connectivity index (χ3n) is 2.99. The maximum Gasteiger partial charge on any atom is 0.330 e. The Morgan fingerprint density at radius 2 is 2.32 bits per heavy atom. The first-order valence-corrected chi connectivity index (χ1v) is 5.35. The molecule has 4 atom stereocenters. The van der Waals surface area contributed by atoms with Gasteiger partial charge in [-0.3, -0.25) is 14.3 Å². The molecule has 0 spiro atoms. The smallest absolute Gasteiger partial charge is 0.330 e. The van der Waals surface area contributed by atoms with E-state index in [9.17, 15) is 19.1 Å². The Morgan fingerprint density at radius 1 is 1.63 bits per heavy atom. The first-order chi connectivity index (χ1) is 8.95. The average Bonchev–Trinajstić information content (AvgIpc) is 2.64. The van der Waals surface area contributed by atoms with Crippen molar-refractivity contribution in [3.8, 4) is 12.3 Å². The fourth-order valence-electron chi connectivity index (χ4n) is 1.90. The summed E-state index contributed by atoms with van der Waals surface area (Å²) in [6.07, 6.45) is 0.818. The van der Waals surface area contributed by atoms with Crippen LogP contribution in [0.15, 0.2) is 21.9 Å². The molecular formula is C11H11FN2O5. The predicted octanol–water partition coefficient (Wildman–Crippen LogP) is -1.87. The van der Waals surface area contributed by atoms with Crippen molar-refractivity contribution in [1.29, 1.82) is 0 Å². The molecule has 2 heterocycles. The van der Waals surface area contributed by atoms with E-state index in [1.165, 1.54) is 0 Å². The Morgan fingerprint density at radius 3 is 2.79 bits per heavy atom. The number of terminal acetylenes is 1. The molecule has 1 aromatic rings. The number of ether oxygens (including phenoxy) is 1. The van der Waals surface area contributed by atoms with Crippen molar-refractivity contribution in [1.82, 2.24) is 9.55 Å². The van der Waals surface area contributed by atoms with Gasteiger partial charge in [-0.05, 0) is 0 Å². The average molecular weight is 270 g/mol. The van der Waals surface area contributed by atoms with Crippen LogP contribution >= 0.6 is 0 Å². The second kappa shape index (κ2) is 4.62. The van der Waals surface area contributed by atoms with Crippen molar-refractivity contribution in [3.63, 3.8) is 0 Å². The van der Waals surface area contributed by atoms with Gasteiger partial charge in [0.05, 0.1) is 6.61 Å². The number of aliphatic hydroxyl groups excluding tert-OH is 2. The summed E-state index contributed by atoms with van der Waals surface area (Å²) in [7, 11) is 0. The van der Waals surface area contributed by atoms with Gasteiger partial charge in [-0.2, -0.15) is 0 Å². The summed E-state index contributed by atoms with van der Waals surface area (Å²) < 4.78 is 19.8. The first kappa shape index (κ1) is 13.5. The molecule has 102 valence electrons. The summed E-state index contributed by atoms with van der Waals surface area (Å²) in [5.74, 6) is 1.99. The van der Waals surface area contributed by atoms with Gasteiger partial charge < -0.3 is 14.9 Å². The molecule has 1 aromatic heterocycles. The number of hydrogen-bond donors (Lipinski definition) is 3. The molecule has 1 aliphatic heterocycles. The number of hydrogen-bond acceptors (Lipinski definition) is 5. The summed E-state index contributed by atoms with van der Waals surface area (Å²) in [6.45, 7) is -0.806. The van der Waals surface area contributed by atoms with Gasteiger partial charge in [0, 0.05) is 12.3 Å². The van der Waals surface area contributed by atoms with Crippen LogP contribution in [0, 0.1) is 12.3 Å². The fourth-order valence-corrected chi connectivity index (χ4v) is 1.90. The molecular weight excluding hydrogens is 259 g/mol. The van der Waals surface area contributed by atoms with E-state index in [-0.39, 0.29) is 0 Å². The van der Waals surface area contributed by atoms with Crippen LogP contribution in [0.1, 0.15) is 6.23 Å². The summed E-state index contributed by atoms with van der Waals surface area (Å²) in [4.78, 5) is 24.4. The molecule has 0 radical (unpaired) electrons. The van der Waals surface area contributed by atoms with Gasteiger partial charge in [0.15, 0.2) is 18.0 Å². The fraction of sp³-hybridized carbons (Fsp3) is 0.455. The first-order valence-electron chi connectivity index (χ1n) is 5.35. The zero-order valence-corrected chi connectivity index (χ0v) is 9.62. The Kier molecular flexibility index (Phi) is 3.28. The van der Waals surface area contributed by atoms with Crippen molar-refractivity contribution >= 4 is 0 Å². The molecule has 0 unspecified atom stereocenters. The molecule has 19 heavy (non-hydrogen) atoms. The number of alkyl halides is 1. The largest absolute Gasteiger partial charge is 0.392 e. The number of aromatic amines is 1. The minimum Gasteiger partial charge on any atom is -0.392 e. The maximum atomic E-state index is 14.0. The lowest BCUT2D eigenvalue weighted by atomic mass is 9.98. The normalized spacial score (nSPS) is 34.1. The van der Waals surface area contributed by atoms with Crippen LogP contribution in [-0.2, 0) is 4.74 Å². The molecule has 8 heteroatoms. The van der Waals surface area contributed by atoms with Crippen LogP contribution in [0.3, 0.4) is 0 Å². The van der Waals surface area contributed by atoms with Crippen LogP contribution in [0.4, 0.5) is 4.39 Å². The van der Waals surface area contributed by atoms with Gasteiger partial charge in [0.2, 0.25) is 0 Å². The zero-order chi connectivity index (χ0) is 14.2. The lowest BCUT2D eigenvalue weighted by Crippen LogP contribution is -2.44. The lowest BCUT2D eigenvalue weighted by Gasteiger charge is -2.23. The maximum absolute atomic E-state index is 14.0. The number of nitrogens with zero attached hydrogens (tertiary/aromatic N) is 1. The van der Waals surface area contributed by atoms with Crippen molar-refractivity contribution in [3.05, 3.63) is 33.1 Å². The number of nitrogens with one attached hydrogen (secondary N) is 1. The second-order valence-corrected chi connectivity index (χ2v) is 4.11. The van der Waals surface area contributed by atoms with E-state index >= 15 is 0 Å². The number of aliphatic hydroxyl groups is 2. The Hall–Kier alpha value is -1.95. The molecule has 3 N–H and O–H groups in total. The highest BCUT2D eigenvalue weighted by Gasteiger charge is 2.55. The van der Waals surface area contributed by atoms with E-state index in [0.29, 0.717) is 0 Å². The molecule has 0 aliphatic carbocycles. The predicted molar refractivity (Wildman–Crippen MR) is 61.0 cm³/mol. The minimum atomic E-state index is -2.02. The molecule has 7 nitrogen and oxygen atoms in total. The van der Waals surface area contributed by atoms with Crippen LogP contribution in [-0.4, -0.2) is 44.2 Å². The van der Waals surface area contributed by atoms with Crippen LogP contribution in [0.25, 0.3) is 0 Å². The molecule has 0 aromatic carbocycles. The van der Waals surface area contributed by atoms with Gasteiger partial charge in [-0.15, -0.1) is 6.42 Å². The van der Waals surface area contributed by atoms with Crippen LogP contribution in [0.5, 0.6) is 0 Å². The highest BCUT2D eigenvalue weighted by Crippen LogP contribution is 2.37. The Labute approximate surface area is 106 Å². The topological polar surface area (TPSA) is 105 Å². The monoisotopic (exact) mass is 270 g/mol. The summed E-state index contributed by atoms with van der Waals surface area (Å²) in [5.41, 5.74) is -3.47. The van der Waals surface area contributed by atoms with E-state index in [0.717, 1.165) is 16.8 Å². The number of rotatable bonds is 2. The number of halogens is 1. The zero-order valence-electron chi connectivity index (χ0n) is 9.62. The Balaban J connectivity index is 2.46. The van der Waals surface area contributed by atoms with Gasteiger partial charge in [-0.25, -0.2) is 9.18 Å². The summed E-state index contributed by atoms with van der Waals surface area (Å²) in [5, 5.41) is 18.8. The third-order valence-corrected chi connectivity index (χ3v) is 2.99. The van der Waals surface area contributed by atoms with E-state index < -0.39 is 42.0 Å². The number of aromatic nitrogens is 2. The van der Waals surface area contributed by atoms with Crippen LogP contribution in [0.2, 0.25) is 0 Å². The van der Waals surface area contributed by atoms with Gasteiger partial charge in [0.1, 0.15) is 6.10 Å². The highest BCUT2D eigenvalue weighted by molar-refractivity contribution is 5.18. The molecule has 1 fully saturated rings. The van der Waals surface area contributed by atoms with E-state index in [1.54, 1.807) is 0 Å². The molecule has 0 amide bonds. The van der Waals surface area contributed by atoms with Crippen molar-refractivity contribution in [2.45, 2.75) is 24.1 Å². The van der Waals surface area contributed by atoms with Crippen molar-refractivity contribution in [2.24, 2.45) is 0 Å². The lowest BCUT2D eigenvalue weighted by molar-refractivity contribution is -0.0923. The van der Waals surface area contributed by atoms with E-state index in [1.807, 2.05) is 10.9 Å². The van der Waals surface area contributed by atoms with Crippen LogP contribution < -0.4 is 11.2 Å². The van der Waals surface area contributed by atoms with Gasteiger partial charge >= 0.3 is 5.69 Å². The molecule has 1 saturated heterocycles. The molecule has 1 aliphatic rings. The standard InChI is InChI=1S/C11H11FN2O5/c1-2-11(5-15)8(17)7(12)9(19-11)14-4-3-6(16)13-10(14)18/h1,3-4,7-9,15,17H,5H2,(H,13,16,18)/t7-,8-,9+,11+/m0/s1. The van der Waals surface area contributed by atoms with Gasteiger partial charge in [-0.1, -0.05) is 5.92 Å². The SMILES string of the molecule is C#C[C@]1(CO)O[C@@H](n2ccc(=O)[nH]c2=O)[C@@H](F)[C@@H]1O. The Bertz CT molecular complexity index is 633. The number of H-pyrrole nitrogens is 1. The molecule has 0 saturated carbocycles. The highest BCUT2D eigenvalue weighted by atomic mass is 19.1. The van der Waals surface area contributed by atoms with Crippen molar-refractivity contribution < 1.29 is 19.3 Å².